The number of hydrogen-bond donors (Lipinski definition) is 2. The third-order valence-electron chi connectivity index (χ3n) is 2.78. The molecule has 0 atom stereocenters. The highest BCUT2D eigenvalue weighted by atomic mass is 127. The largest absolute Gasteiger partial charge is 0.376 e. The fourth-order valence-corrected chi connectivity index (χ4v) is 1.98. The molecule has 2 aromatic carbocycles. The topological polar surface area (TPSA) is 53.5 Å². The lowest BCUT2D eigenvalue weighted by molar-refractivity contribution is -0.119. The van der Waals surface area contributed by atoms with Crippen LogP contribution in [0.2, 0.25) is 0 Å². The summed E-state index contributed by atoms with van der Waals surface area (Å²) in [6.07, 6.45) is 1.62. The van der Waals surface area contributed by atoms with Gasteiger partial charge in [-0.05, 0) is 59.3 Å². The molecule has 0 radical (unpaired) electrons. The van der Waals surface area contributed by atoms with Gasteiger partial charge in [-0.1, -0.05) is 29.8 Å². The van der Waals surface area contributed by atoms with Crippen molar-refractivity contribution < 1.29 is 4.79 Å². The smallest absolute Gasteiger partial charge is 0.259 e. The van der Waals surface area contributed by atoms with Gasteiger partial charge in [-0.15, -0.1) is 0 Å². The van der Waals surface area contributed by atoms with Crippen LogP contribution >= 0.6 is 22.6 Å². The Kier molecular flexibility index (Phi) is 5.74. The van der Waals surface area contributed by atoms with E-state index < -0.39 is 0 Å². The number of aryl methyl sites for hydroxylation is 1. The van der Waals surface area contributed by atoms with Crippen molar-refractivity contribution in [2.24, 2.45) is 5.10 Å². The summed E-state index contributed by atoms with van der Waals surface area (Å²) in [5.41, 5.74) is 5.54. The lowest BCUT2D eigenvalue weighted by atomic mass is 10.2. The van der Waals surface area contributed by atoms with Crippen LogP contribution in [-0.2, 0) is 4.79 Å². The Morgan fingerprint density at radius 1 is 1.14 bits per heavy atom. The highest BCUT2D eigenvalue weighted by Crippen LogP contribution is 2.07. The molecule has 0 spiro atoms. The predicted octanol–water partition coefficient (Wildman–Crippen LogP) is 3.16. The average molecular weight is 393 g/mol. The Hall–Kier alpha value is -1.89. The number of rotatable bonds is 5. The summed E-state index contributed by atoms with van der Waals surface area (Å²) in [6.45, 7) is 2.21. The molecule has 0 aromatic heterocycles. The van der Waals surface area contributed by atoms with Gasteiger partial charge >= 0.3 is 0 Å². The van der Waals surface area contributed by atoms with E-state index in [1.165, 1.54) is 5.56 Å². The molecular weight excluding hydrogens is 377 g/mol. The molecule has 0 unspecified atom stereocenters. The van der Waals surface area contributed by atoms with Crippen molar-refractivity contribution in [2.45, 2.75) is 6.92 Å². The number of carbonyl (C=O) groups excluding carboxylic acids is 1. The zero-order valence-corrected chi connectivity index (χ0v) is 13.8. The molecular formula is C16H16IN3O. The number of hydrazone groups is 1. The van der Waals surface area contributed by atoms with Crippen molar-refractivity contribution in [1.82, 2.24) is 5.43 Å². The summed E-state index contributed by atoms with van der Waals surface area (Å²) in [4.78, 5) is 11.6. The van der Waals surface area contributed by atoms with Crippen LogP contribution in [-0.4, -0.2) is 18.7 Å². The summed E-state index contributed by atoms with van der Waals surface area (Å²) >= 11 is 2.24. The number of anilines is 1. The molecule has 21 heavy (non-hydrogen) atoms. The average Bonchev–Trinajstić information content (AvgIpc) is 2.49. The van der Waals surface area contributed by atoms with Gasteiger partial charge in [0.2, 0.25) is 0 Å². The van der Waals surface area contributed by atoms with E-state index >= 15 is 0 Å². The third kappa shape index (κ3) is 5.55. The molecule has 108 valence electrons. The third-order valence-corrected chi connectivity index (χ3v) is 3.50. The number of nitrogens with one attached hydrogen (secondary N) is 2. The molecule has 1 amide bonds. The van der Waals surface area contributed by atoms with E-state index in [-0.39, 0.29) is 12.5 Å². The maximum Gasteiger partial charge on any atom is 0.259 e. The molecule has 0 aliphatic rings. The van der Waals surface area contributed by atoms with Crippen molar-refractivity contribution in [3.8, 4) is 0 Å². The highest BCUT2D eigenvalue weighted by molar-refractivity contribution is 14.1. The van der Waals surface area contributed by atoms with Gasteiger partial charge in [0, 0.05) is 9.26 Å². The minimum atomic E-state index is -0.183. The minimum absolute atomic E-state index is 0.183. The zero-order valence-electron chi connectivity index (χ0n) is 11.6. The summed E-state index contributed by atoms with van der Waals surface area (Å²) in [5, 5.41) is 6.97. The van der Waals surface area contributed by atoms with Crippen LogP contribution in [0.5, 0.6) is 0 Å². The molecule has 0 bridgehead atoms. The lowest BCUT2D eigenvalue weighted by Crippen LogP contribution is -2.25. The summed E-state index contributed by atoms with van der Waals surface area (Å²) in [6, 6.07) is 15.7. The predicted molar refractivity (Wildman–Crippen MR) is 94.6 cm³/mol. The second-order valence-corrected chi connectivity index (χ2v) is 5.81. The van der Waals surface area contributed by atoms with Gasteiger partial charge in [-0.2, -0.15) is 5.10 Å². The van der Waals surface area contributed by atoms with E-state index in [0.717, 1.165) is 14.8 Å². The lowest BCUT2D eigenvalue weighted by Gasteiger charge is -2.05. The van der Waals surface area contributed by atoms with Gasteiger partial charge in [0.05, 0.1) is 12.8 Å². The molecule has 2 N–H and O–H groups in total. The van der Waals surface area contributed by atoms with E-state index in [2.05, 4.69) is 38.4 Å². The number of halogens is 1. The SMILES string of the molecule is Cc1ccc(NCC(=O)N/N=C\c2ccc(I)cc2)cc1. The van der Waals surface area contributed by atoms with E-state index in [1.54, 1.807) is 6.21 Å². The number of benzene rings is 2. The fraction of sp³-hybridized carbons (Fsp3) is 0.125. The van der Waals surface area contributed by atoms with Crippen LogP contribution < -0.4 is 10.7 Å². The summed E-state index contributed by atoms with van der Waals surface area (Å²) in [7, 11) is 0. The Morgan fingerprint density at radius 2 is 1.81 bits per heavy atom. The number of hydrogen-bond acceptors (Lipinski definition) is 3. The Labute approximate surface area is 137 Å². The van der Waals surface area contributed by atoms with Crippen molar-refractivity contribution in [3.05, 3.63) is 63.2 Å². The first-order valence-electron chi connectivity index (χ1n) is 6.51. The molecule has 0 saturated carbocycles. The van der Waals surface area contributed by atoms with Crippen LogP contribution in [0.1, 0.15) is 11.1 Å². The highest BCUT2D eigenvalue weighted by Gasteiger charge is 1.99. The number of nitrogens with zero attached hydrogens (tertiary/aromatic N) is 1. The Bertz CT molecular complexity index is 621. The van der Waals surface area contributed by atoms with Gasteiger partial charge < -0.3 is 5.32 Å². The summed E-state index contributed by atoms with van der Waals surface area (Å²) < 4.78 is 1.16. The van der Waals surface area contributed by atoms with Crippen molar-refractivity contribution in [2.75, 3.05) is 11.9 Å². The maximum absolute atomic E-state index is 11.6. The van der Waals surface area contributed by atoms with Crippen LogP contribution in [0.3, 0.4) is 0 Å². The first kappa shape index (κ1) is 15.5. The standard InChI is InChI=1S/C16H16IN3O/c1-12-2-8-15(9-3-12)18-11-16(21)20-19-10-13-4-6-14(17)7-5-13/h2-10,18H,11H2,1H3,(H,20,21)/b19-10-. The van der Waals surface area contributed by atoms with Gasteiger partial charge in [0.1, 0.15) is 0 Å². The second-order valence-electron chi connectivity index (χ2n) is 4.56. The van der Waals surface area contributed by atoms with Crippen molar-refractivity contribution >= 4 is 40.4 Å². The van der Waals surface area contributed by atoms with Gasteiger partial charge in [0.25, 0.3) is 5.91 Å². The molecule has 0 fully saturated rings. The van der Waals surface area contributed by atoms with E-state index in [0.29, 0.717) is 0 Å². The van der Waals surface area contributed by atoms with Crippen LogP contribution in [0, 0.1) is 10.5 Å². The van der Waals surface area contributed by atoms with Crippen LogP contribution in [0.4, 0.5) is 5.69 Å². The minimum Gasteiger partial charge on any atom is -0.376 e. The molecule has 0 saturated heterocycles. The fourth-order valence-electron chi connectivity index (χ4n) is 1.62. The number of amides is 1. The van der Waals surface area contributed by atoms with E-state index in [1.807, 2.05) is 55.5 Å². The molecule has 0 aliphatic carbocycles. The molecule has 2 rings (SSSR count). The second kappa shape index (κ2) is 7.78. The van der Waals surface area contributed by atoms with Crippen LogP contribution in [0.15, 0.2) is 53.6 Å². The Morgan fingerprint density at radius 3 is 2.48 bits per heavy atom. The normalized spacial score (nSPS) is 10.6. The first-order chi connectivity index (χ1) is 10.1. The number of carbonyl (C=O) groups is 1. The maximum atomic E-state index is 11.6. The summed E-state index contributed by atoms with van der Waals surface area (Å²) in [5.74, 6) is -0.183. The zero-order chi connectivity index (χ0) is 15.1. The van der Waals surface area contributed by atoms with E-state index in [4.69, 9.17) is 0 Å². The molecule has 0 aliphatic heterocycles. The monoisotopic (exact) mass is 393 g/mol. The molecule has 2 aromatic rings. The van der Waals surface area contributed by atoms with Crippen LogP contribution in [0.25, 0.3) is 0 Å². The Balaban J connectivity index is 1.77. The molecule has 4 nitrogen and oxygen atoms in total. The molecule has 0 heterocycles. The van der Waals surface area contributed by atoms with E-state index in [9.17, 15) is 4.79 Å². The van der Waals surface area contributed by atoms with Gasteiger partial charge in [-0.3, -0.25) is 4.79 Å². The quantitative estimate of drug-likeness (QED) is 0.466. The first-order valence-corrected chi connectivity index (χ1v) is 7.59. The van der Waals surface area contributed by atoms with Gasteiger partial charge in [-0.25, -0.2) is 5.43 Å². The van der Waals surface area contributed by atoms with Crippen molar-refractivity contribution in [1.29, 1.82) is 0 Å². The molecule has 5 heteroatoms. The van der Waals surface area contributed by atoms with Crippen molar-refractivity contribution in [3.63, 3.8) is 0 Å². The van der Waals surface area contributed by atoms with Gasteiger partial charge in [0.15, 0.2) is 0 Å².